The summed E-state index contributed by atoms with van der Waals surface area (Å²) in [4.78, 5) is 2.36. The van der Waals surface area contributed by atoms with Gasteiger partial charge in [0.15, 0.2) is 0 Å². The Labute approximate surface area is 113 Å². The highest BCUT2D eigenvalue weighted by Crippen LogP contribution is 2.30. The fraction of sp³-hybridized carbons (Fsp3) is 0.231. The van der Waals surface area contributed by atoms with Gasteiger partial charge in [0, 0.05) is 19.8 Å². The Morgan fingerprint density at radius 1 is 1.29 bits per heavy atom. The van der Waals surface area contributed by atoms with Crippen molar-refractivity contribution in [2.24, 2.45) is 0 Å². The highest BCUT2D eigenvalue weighted by Gasteiger charge is 2.17. The van der Waals surface area contributed by atoms with Crippen molar-refractivity contribution < 1.29 is 4.39 Å². The zero-order valence-electron chi connectivity index (χ0n) is 9.63. The fourth-order valence-electron chi connectivity index (χ4n) is 1.80. The number of halogens is 2. The number of hydrogen-bond donors (Lipinski definition) is 1. The van der Waals surface area contributed by atoms with Crippen molar-refractivity contribution in [1.29, 1.82) is 0 Å². The number of benzene rings is 1. The molecule has 1 unspecified atom stereocenters. The fourth-order valence-corrected chi connectivity index (χ4v) is 3.13. The van der Waals surface area contributed by atoms with E-state index in [4.69, 9.17) is 0 Å². The molecule has 1 N–H and O–H groups in total. The van der Waals surface area contributed by atoms with Crippen molar-refractivity contribution in [3.05, 3.63) is 55.9 Å². The van der Waals surface area contributed by atoms with Gasteiger partial charge in [-0.25, -0.2) is 4.39 Å². The molecule has 1 aromatic heterocycles. The lowest BCUT2D eigenvalue weighted by atomic mass is 10.1. The van der Waals surface area contributed by atoms with E-state index in [1.165, 1.54) is 10.9 Å². The summed E-state index contributed by atoms with van der Waals surface area (Å²) in [6, 6.07) is 9.20. The predicted octanol–water partition coefficient (Wildman–Crippen LogP) is 4.27. The summed E-state index contributed by atoms with van der Waals surface area (Å²) in [5.74, 6) is -0.190. The molecular formula is C13H13BrFNS. The molecule has 0 fully saturated rings. The van der Waals surface area contributed by atoms with E-state index in [1.54, 1.807) is 11.3 Å². The van der Waals surface area contributed by atoms with Gasteiger partial charge in [-0.05, 0) is 38.2 Å². The molecule has 17 heavy (non-hydrogen) atoms. The highest BCUT2D eigenvalue weighted by atomic mass is 79.9. The smallest absolute Gasteiger partial charge is 0.129 e. The highest BCUT2D eigenvalue weighted by molar-refractivity contribution is 9.10. The van der Waals surface area contributed by atoms with Crippen LogP contribution in [0.2, 0.25) is 0 Å². The minimum Gasteiger partial charge on any atom is -0.309 e. The lowest BCUT2D eigenvalue weighted by Crippen LogP contribution is -2.17. The second-order valence-corrected chi connectivity index (χ2v) is 6.07. The van der Waals surface area contributed by atoms with Crippen molar-refractivity contribution >= 4 is 27.3 Å². The van der Waals surface area contributed by atoms with Gasteiger partial charge in [0.1, 0.15) is 5.82 Å². The molecule has 0 aliphatic heterocycles. The summed E-state index contributed by atoms with van der Waals surface area (Å²) in [6.07, 6.45) is 0. The Morgan fingerprint density at radius 2 is 2.06 bits per heavy atom. The van der Waals surface area contributed by atoms with Gasteiger partial charge in [0.2, 0.25) is 0 Å². The molecule has 4 heteroatoms. The topological polar surface area (TPSA) is 12.0 Å². The minimum atomic E-state index is -0.190. The first-order chi connectivity index (χ1) is 8.11. The lowest BCUT2D eigenvalue weighted by Gasteiger charge is -2.16. The van der Waals surface area contributed by atoms with Gasteiger partial charge in [-0.2, -0.15) is 0 Å². The maximum Gasteiger partial charge on any atom is 0.129 e. The van der Waals surface area contributed by atoms with Crippen molar-refractivity contribution in [2.75, 3.05) is 7.05 Å². The molecule has 2 aromatic rings. The maximum atomic E-state index is 13.9. The van der Waals surface area contributed by atoms with Crippen LogP contribution in [0, 0.1) is 12.7 Å². The summed E-state index contributed by atoms with van der Waals surface area (Å²) in [6.45, 7) is 2.05. The molecule has 1 nitrogen and oxygen atoms in total. The van der Waals surface area contributed by atoms with Crippen molar-refractivity contribution in [3.8, 4) is 0 Å². The number of aryl methyl sites for hydroxylation is 1. The van der Waals surface area contributed by atoms with Gasteiger partial charge in [-0.15, -0.1) is 11.3 Å². The third-order valence-electron chi connectivity index (χ3n) is 2.61. The number of rotatable bonds is 3. The second kappa shape index (κ2) is 5.29. The van der Waals surface area contributed by atoms with Gasteiger partial charge in [0.05, 0.1) is 6.04 Å². The Morgan fingerprint density at radius 3 is 2.59 bits per heavy atom. The van der Waals surface area contributed by atoms with Gasteiger partial charge in [-0.1, -0.05) is 22.0 Å². The normalized spacial score (nSPS) is 12.7. The zero-order chi connectivity index (χ0) is 12.4. The Kier molecular flexibility index (Phi) is 3.97. The Balaban J connectivity index is 2.42. The van der Waals surface area contributed by atoms with Gasteiger partial charge in [-0.3, -0.25) is 0 Å². The van der Waals surface area contributed by atoms with Gasteiger partial charge >= 0.3 is 0 Å². The average molecular weight is 314 g/mol. The third kappa shape index (κ3) is 2.76. The maximum absolute atomic E-state index is 13.9. The van der Waals surface area contributed by atoms with Crippen LogP contribution < -0.4 is 5.32 Å². The van der Waals surface area contributed by atoms with Gasteiger partial charge < -0.3 is 5.32 Å². The average Bonchev–Trinajstić information content (AvgIpc) is 2.69. The number of hydrogen-bond acceptors (Lipinski definition) is 2. The molecule has 0 saturated carbocycles. The molecule has 2 rings (SSSR count). The van der Waals surface area contributed by atoms with Crippen LogP contribution in [0.4, 0.5) is 4.39 Å². The van der Waals surface area contributed by atoms with E-state index in [2.05, 4.69) is 34.2 Å². The van der Waals surface area contributed by atoms with Crippen LogP contribution in [0.5, 0.6) is 0 Å². The van der Waals surface area contributed by atoms with E-state index in [9.17, 15) is 4.39 Å². The largest absolute Gasteiger partial charge is 0.309 e. The van der Waals surface area contributed by atoms with E-state index >= 15 is 0 Å². The molecule has 1 aromatic carbocycles. The van der Waals surface area contributed by atoms with Crippen molar-refractivity contribution in [3.63, 3.8) is 0 Å². The monoisotopic (exact) mass is 313 g/mol. The van der Waals surface area contributed by atoms with Gasteiger partial charge in [0.25, 0.3) is 0 Å². The molecule has 0 saturated heterocycles. The standard InChI is InChI=1S/C13H13BrFNS/c1-8-3-6-12(17-8)13(16-2)10-5-4-9(14)7-11(10)15/h3-7,13,16H,1-2H3. The van der Waals surface area contributed by atoms with Crippen LogP contribution in [0.3, 0.4) is 0 Å². The lowest BCUT2D eigenvalue weighted by molar-refractivity contribution is 0.578. The summed E-state index contributed by atoms with van der Waals surface area (Å²) >= 11 is 4.96. The SMILES string of the molecule is CNC(c1ccc(C)s1)c1ccc(Br)cc1F. The summed E-state index contributed by atoms with van der Waals surface area (Å²) < 4.78 is 14.7. The van der Waals surface area contributed by atoms with Crippen molar-refractivity contribution in [1.82, 2.24) is 5.32 Å². The quantitative estimate of drug-likeness (QED) is 0.892. The van der Waals surface area contributed by atoms with Crippen LogP contribution in [0.15, 0.2) is 34.8 Å². The second-order valence-electron chi connectivity index (χ2n) is 3.84. The van der Waals surface area contributed by atoms with Crippen LogP contribution in [0.1, 0.15) is 21.4 Å². The first-order valence-electron chi connectivity index (χ1n) is 5.30. The van der Waals surface area contributed by atoms with Crippen LogP contribution >= 0.6 is 27.3 Å². The zero-order valence-corrected chi connectivity index (χ0v) is 12.0. The van der Waals surface area contributed by atoms with E-state index in [1.807, 2.05) is 25.2 Å². The van der Waals surface area contributed by atoms with E-state index in [0.717, 1.165) is 9.35 Å². The molecule has 0 aliphatic rings. The Bertz CT molecular complexity index is 524. The van der Waals surface area contributed by atoms with E-state index in [0.29, 0.717) is 5.56 Å². The minimum absolute atomic E-state index is 0.0817. The molecule has 1 atom stereocenters. The first kappa shape index (κ1) is 12.7. The Hall–Kier alpha value is -0.710. The van der Waals surface area contributed by atoms with E-state index < -0.39 is 0 Å². The molecule has 0 spiro atoms. The predicted molar refractivity (Wildman–Crippen MR) is 74.1 cm³/mol. The first-order valence-corrected chi connectivity index (χ1v) is 6.91. The molecular weight excluding hydrogens is 301 g/mol. The van der Waals surface area contributed by atoms with Crippen LogP contribution in [-0.2, 0) is 0 Å². The molecule has 0 radical (unpaired) electrons. The molecule has 0 amide bonds. The molecule has 1 heterocycles. The third-order valence-corrected chi connectivity index (χ3v) is 4.17. The number of thiophene rings is 1. The summed E-state index contributed by atoms with van der Waals surface area (Å²) in [5.41, 5.74) is 0.678. The molecule has 90 valence electrons. The van der Waals surface area contributed by atoms with Crippen LogP contribution in [0.25, 0.3) is 0 Å². The molecule has 0 bridgehead atoms. The van der Waals surface area contributed by atoms with Crippen LogP contribution in [-0.4, -0.2) is 7.05 Å². The molecule has 0 aliphatic carbocycles. The number of nitrogens with one attached hydrogen (secondary N) is 1. The summed E-state index contributed by atoms with van der Waals surface area (Å²) in [5, 5.41) is 3.16. The van der Waals surface area contributed by atoms with Crippen molar-refractivity contribution in [2.45, 2.75) is 13.0 Å². The van der Waals surface area contributed by atoms with E-state index in [-0.39, 0.29) is 11.9 Å². The summed E-state index contributed by atoms with van der Waals surface area (Å²) in [7, 11) is 1.85.